The van der Waals surface area contributed by atoms with Crippen LogP contribution in [0, 0.1) is 0 Å². The minimum atomic E-state index is 0.120. The van der Waals surface area contributed by atoms with Crippen molar-refractivity contribution in [3.8, 4) is 28.0 Å². The monoisotopic (exact) mass is 532 g/mol. The smallest absolute Gasteiger partial charge is 0.133 e. The predicted octanol–water partition coefficient (Wildman–Crippen LogP) is 10.5. The van der Waals surface area contributed by atoms with E-state index in [1.54, 1.807) is 11.3 Å². The minimum absolute atomic E-state index is 0.120. The van der Waals surface area contributed by atoms with Crippen molar-refractivity contribution in [3.05, 3.63) is 162 Å². The molecule has 0 aliphatic carbocycles. The summed E-state index contributed by atoms with van der Waals surface area (Å²) >= 11 is 1.66. The number of rotatable bonds is 6. The number of benzene rings is 6. The van der Waals surface area contributed by atoms with Gasteiger partial charge in [0.25, 0.3) is 0 Å². The lowest BCUT2D eigenvalue weighted by molar-refractivity contribution is 0.481. The molecule has 0 aliphatic heterocycles. The molecular weight excluding hydrogens is 504 g/mol. The van der Waals surface area contributed by atoms with E-state index in [0.29, 0.717) is 5.75 Å². The van der Waals surface area contributed by atoms with Gasteiger partial charge in [0.05, 0.1) is 4.70 Å². The first-order valence-electron chi connectivity index (χ1n) is 13.7. The van der Waals surface area contributed by atoms with Gasteiger partial charge < -0.3 is 5.11 Å². The lowest BCUT2D eigenvalue weighted by atomic mass is 9.83. The number of thiophene rings is 1. The molecule has 0 fully saturated rings. The summed E-state index contributed by atoms with van der Waals surface area (Å²) in [4.78, 5) is 0. The van der Waals surface area contributed by atoms with Gasteiger partial charge in [0.15, 0.2) is 0 Å². The average Bonchev–Trinajstić information content (AvgIpc) is 3.40. The molecule has 1 aromatic heterocycles. The molecule has 2 heteroatoms. The molecule has 192 valence electrons. The second-order valence-electron chi connectivity index (χ2n) is 10.3. The molecule has 0 saturated carbocycles. The fourth-order valence-corrected chi connectivity index (χ4v) is 6.88. The second-order valence-corrected chi connectivity index (χ2v) is 11.4. The van der Waals surface area contributed by atoms with E-state index in [1.807, 2.05) is 6.07 Å². The molecule has 7 rings (SSSR count). The van der Waals surface area contributed by atoms with Crippen LogP contribution in [0.5, 0.6) is 5.75 Å². The lowest BCUT2D eigenvalue weighted by Crippen LogP contribution is -2.06. The Morgan fingerprint density at radius 3 is 1.68 bits per heavy atom. The van der Waals surface area contributed by atoms with Crippen LogP contribution in [0.2, 0.25) is 0 Å². The second kappa shape index (κ2) is 10.5. The third-order valence-electron chi connectivity index (χ3n) is 7.75. The number of phenols is 1. The summed E-state index contributed by atoms with van der Waals surface area (Å²) in [5.41, 5.74) is 8.51. The minimum Gasteiger partial charge on any atom is -0.506 e. The molecule has 1 nitrogen and oxygen atoms in total. The van der Waals surface area contributed by atoms with Crippen LogP contribution in [0.25, 0.3) is 42.4 Å². The van der Waals surface area contributed by atoms with Crippen LogP contribution in [0.3, 0.4) is 0 Å². The van der Waals surface area contributed by atoms with Crippen molar-refractivity contribution >= 4 is 31.5 Å². The number of phenolic OH excluding ortho intramolecular Hbond substituents is 1. The summed E-state index contributed by atoms with van der Waals surface area (Å²) in [6, 6.07) is 51.6. The lowest BCUT2D eigenvalue weighted by Gasteiger charge is -2.21. The first-order valence-corrected chi connectivity index (χ1v) is 14.5. The molecule has 1 N–H and O–H groups in total. The molecule has 0 bridgehead atoms. The molecule has 0 radical (unpaired) electrons. The molecule has 40 heavy (non-hydrogen) atoms. The predicted molar refractivity (Wildman–Crippen MR) is 170 cm³/mol. The van der Waals surface area contributed by atoms with E-state index in [0.717, 1.165) is 22.1 Å². The Balaban J connectivity index is 1.36. The molecule has 0 aliphatic rings. The van der Waals surface area contributed by atoms with Crippen molar-refractivity contribution in [3.63, 3.8) is 0 Å². The largest absolute Gasteiger partial charge is 0.506 e. The number of aromatic hydroxyl groups is 1. The van der Waals surface area contributed by atoms with Crippen molar-refractivity contribution in [2.45, 2.75) is 12.3 Å². The van der Waals surface area contributed by atoms with Crippen molar-refractivity contribution in [2.75, 3.05) is 0 Å². The summed E-state index contributed by atoms with van der Waals surface area (Å²) in [5.74, 6) is 0.484. The standard InChI is InChI=1S/C38H28OS/c39-36-23-26(22-35-33-19-7-8-20-37(33)40-38(35)36)21-34(31-17-9-15-29(24-31)27-11-3-1-4-12-27)32-18-10-16-30(25-32)28-13-5-2-6-14-28/h1-20,22-25,34,39H,21H2. The number of hydrogen-bond donors (Lipinski definition) is 1. The molecule has 0 unspecified atom stereocenters. The molecule has 6 aromatic carbocycles. The molecule has 0 spiro atoms. The highest BCUT2D eigenvalue weighted by molar-refractivity contribution is 7.26. The van der Waals surface area contributed by atoms with Gasteiger partial charge >= 0.3 is 0 Å². The van der Waals surface area contributed by atoms with E-state index in [-0.39, 0.29) is 5.92 Å². The number of fused-ring (bicyclic) bond motifs is 3. The van der Waals surface area contributed by atoms with Crippen LogP contribution >= 0.6 is 11.3 Å². The SMILES string of the molecule is Oc1cc(CC(c2cccc(-c3ccccc3)c2)c2cccc(-c3ccccc3)c2)cc2c1sc1ccccc12. The highest BCUT2D eigenvalue weighted by atomic mass is 32.1. The Hall–Kier alpha value is -4.66. The van der Waals surface area contributed by atoms with Gasteiger partial charge in [-0.1, -0.05) is 127 Å². The third kappa shape index (κ3) is 4.68. The Labute approximate surface area is 238 Å². The Morgan fingerprint density at radius 1 is 0.500 bits per heavy atom. The van der Waals surface area contributed by atoms with Gasteiger partial charge in [-0.2, -0.15) is 0 Å². The molecule has 1 heterocycles. The molecule has 0 atom stereocenters. The summed E-state index contributed by atoms with van der Waals surface area (Å²) in [7, 11) is 0. The Morgan fingerprint density at radius 2 is 1.05 bits per heavy atom. The van der Waals surface area contributed by atoms with Gasteiger partial charge in [-0.05, 0) is 63.6 Å². The highest BCUT2D eigenvalue weighted by Crippen LogP contribution is 2.41. The zero-order valence-corrected chi connectivity index (χ0v) is 22.8. The fourth-order valence-electron chi connectivity index (χ4n) is 5.78. The normalized spacial score (nSPS) is 11.4. The first kappa shape index (κ1) is 24.4. The van der Waals surface area contributed by atoms with Gasteiger partial charge in [-0.3, -0.25) is 0 Å². The Kier molecular flexibility index (Phi) is 6.39. The maximum absolute atomic E-state index is 11.1. The fraction of sp³-hybridized carbons (Fsp3) is 0.0526. The van der Waals surface area contributed by atoms with E-state index in [9.17, 15) is 5.11 Å². The van der Waals surface area contributed by atoms with Gasteiger partial charge in [-0.15, -0.1) is 11.3 Å². The van der Waals surface area contributed by atoms with Gasteiger partial charge in [0.2, 0.25) is 0 Å². The van der Waals surface area contributed by atoms with Crippen molar-refractivity contribution in [1.82, 2.24) is 0 Å². The van der Waals surface area contributed by atoms with E-state index < -0.39 is 0 Å². The highest BCUT2D eigenvalue weighted by Gasteiger charge is 2.19. The summed E-state index contributed by atoms with van der Waals surface area (Å²) in [6.45, 7) is 0. The average molecular weight is 533 g/mol. The summed E-state index contributed by atoms with van der Waals surface area (Å²) in [6.07, 6.45) is 0.782. The summed E-state index contributed by atoms with van der Waals surface area (Å²) in [5, 5.41) is 13.4. The van der Waals surface area contributed by atoms with Crippen molar-refractivity contribution in [2.24, 2.45) is 0 Å². The first-order chi connectivity index (χ1) is 19.7. The molecular formula is C38H28OS. The van der Waals surface area contributed by atoms with E-state index in [2.05, 4.69) is 140 Å². The quantitative estimate of drug-likeness (QED) is 0.226. The molecule has 0 amide bonds. The van der Waals surface area contributed by atoms with Gasteiger partial charge in [0, 0.05) is 21.4 Å². The molecule has 7 aromatic rings. The summed E-state index contributed by atoms with van der Waals surface area (Å²) < 4.78 is 2.16. The topological polar surface area (TPSA) is 20.2 Å². The van der Waals surface area contributed by atoms with E-state index in [4.69, 9.17) is 0 Å². The third-order valence-corrected chi connectivity index (χ3v) is 8.96. The van der Waals surface area contributed by atoms with Gasteiger partial charge in [0.1, 0.15) is 5.75 Å². The van der Waals surface area contributed by atoms with Crippen LogP contribution in [0.1, 0.15) is 22.6 Å². The Bertz CT molecular complexity index is 1850. The van der Waals surface area contributed by atoms with Crippen LogP contribution < -0.4 is 0 Å². The maximum Gasteiger partial charge on any atom is 0.133 e. The zero-order chi connectivity index (χ0) is 26.9. The number of hydrogen-bond acceptors (Lipinski definition) is 2. The maximum atomic E-state index is 11.1. The van der Waals surface area contributed by atoms with Crippen LogP contribution in [0.4, 0.5) is 0 Å². The van der Waals surface area contributed by atoms with Crippen LogP contribution in [-0.4, -0.2) is 5.11 Å². The van der Waals surface area contributed by atoms with E-state index >= 15 is 0 Å². The van der Waals surface area contributed by atoms with Gasteiger partial charge in [-0.25, -0.2) is 0 Å². The van der Waals surface area contributed by atoms with Crippen molar-refractivity contribution < 1.29 is 5.11 Å². The van der Waals surface area contributed by atoms with Crippen molar-refractivity contribution in [1.29, 1.82) is 0 Å². The molecule has 0 saturated heterocycles. The van der Waals surface area contributed by atoms with Crippen LogP contribution in [-0.2, 0) is 6.42 Å². The van der Waals surface area contributed by atoms with E-state index in [1.165, 1.54) is 43.5 Å². The van der Waals surface area contributed by atoms with Crippen LogP contribution in [0.15, 0.2) is 146 Å². The zero-order valence-electron chi connectivity index (χ0n) is 22.0.